The predicted molar refractivity (Wildman–Crippen MR) is 401 cm³/mol. The van der Waals surface area contributed by atoms with Gasteiger partial charge in [0.2, 0.25) is 0 Å². The number of hydrogen-bond donors (Lipinski definition) is 7. The lowest BCUT2D eigenvalue weighted by Gasteiger charge is -2.40. The molecule has 4 saturated heterocycles. The fraction of sp³-hybridized carbons (Fsp3) is 0.793. The molecule has 2 saturated carbocycles. The van der Waals surface area contributed by atoms with Gasteiger partial charge in [0, 0.05) is 108 Å². The molecule has 596 valence electrons. The summed E-state index contributed by atoms with van der Waals surface area (Å²) < 4.78 is 40.9. The van der Waals surface area contributed by atoms with Crippen LogP contribution >= 0.6 is 0 Å². The van der Waals surface area contributed by atoms with Gasteiger partial charge < -0.3 is 78.7 Å². The molecular weight excluding hydrogens is 1340 g/mol. The lowest BCUT2D eigenvalue weighted by molar-refractivity contribution is -0.152. The van der Waals surface area contributed by atoms with Gasteiger partial charge in [-0.1, -0.05) is 142 Å². The highest BCUT2D eigenvalue weighted by Gasteiger charge is 2.50. The topological polar surface area (TPSA) is 311 Å². The van der Waals surface area contributed by atoms with Crippen molar-refractivity contribution < 1.29 is 92.9 Å². The third-order valence-corrected chi connectivity index (χ3v) is 23.3. The zero-order valence-corrected chi connectivity index (χ0v) is 65.7. The van der Waals surface area contributed by atoms with E-state index in [1.807, 2.05) is 55.4 Å². The first kappa shape index (κ1) is 87.2. The van der Waals surface area contributed by atoms with Crippen LogP contribution in [0, 0.1) is 23.7 Å². The van der Waals surface area contributed by atoms with Crippen LogP contribution in [0.4, 0.5) is 9.59 Å². The van der Waals surface area contributed by atoms with Crippen molar-refractivity contribution in [2.45, 2.75) is 339 Å². The molecule has 6 heterocycles. The van der Waals surface area contributed by atoms with Gasteiger partial charge >= 0.3 is 30.1 Å². The van der Waals surface area contributed by atoms with Crippen molar-refractivity contribution in [3.8, 4) is 0 Å². The summed E-state index contributed by atoms with van der Waals surface area (Å²) in [5, 5.41) is 76.9. The molecule has 2 aliphatic carbocycles. The number of rotatable bonds is 21. The number of ether oxygens (including phenoxy) is 7. The molecule has 6 aliphatic heterocycles. The zero-order chi connectivity index (χ0) is 77.0. The summed E-state index contributed by atoms with van der Waals surface area (Å²) in [5.41, 5.74) is -3.91. The first-order valence-electron chi connectivity index (χ1n) is 39.9. The van der Waals surface area contributed by atoms with Crippen LogP contribution in [0.25, 0.3) is 0 Å². The Hall–Kier alpha value is -5.05. The van der Waals surface area contributed by atoms with Crippen molar-refractivity contribution in [1.82, 2.24) is 19.6 Å². The summed E-state index contributed by atoms with van der Waals surface area (Å²) in [6.45, 7) is 28.7. The fourth-order valence-corrected chi connectivity index (χ4v) is 16.2. The average Bonchev–Trinajstić information content (AvgIpc) is 1.60. The van der Waals surface area contributed by atoms with E-state index >= 15 is 0 Å². The van der Waals surface area contributed by atoms with Gasteiger partial charge in [-0.25, -0.2) is 9.59 Å². The number of nitrogens with zero attached hydrogens (tertiary/aromatic N) is 4. The molecule has 0 bridgehead atoms. The minimum absolute atomic E-state index is 0.00662. The van der Waals surface area contributed by atoms with Crippen LogP contribution < -0.4 is 0 Å². The maximum atomic E-state index is 13.5. The number of epoxide rings is 2. The second-order valence-corrected chi connectivity index (χ2v) is 33.0. The average molecular weight is 1480 g/mol. The Balaban J connectivity index is 0.000000294. The van der Waals surface area contributed by atoms with Crippen molar-refractivity contribution in [3.05, 3.63) is 71.9 Å². The third-order valence-electron chi connectivity index (χ3n) is 23.3. The van der Waals surface area contributed by atoms with Crippen LogP contribution in [0.15, 0.2) is 71.9 Å². The lowest BCUT2D eigenvalue weighted by atomic mass is 9.88. The molecule has 0 radical (unpaired) electrons. The van der Waals surface area contributed by atoms with E-state index in [1.165, 1.54) is 84.0 Å². The number of esters is 3. The molecule has 105 heavy (non-hydrogen) atoms. The van der Waals surface area contributed by atoms with Gasteiger partial charge in [0.15, 0.2) is 12.2 Å². The molecule has 0 aromatic carbocycles. The van der Waals surface area contributed by atoms with E-state index in [0.29, 0.717) is 75.1 Å². The highest BCUT2D eigenvalue weighted by molar-refractivity contribution is 5.71. The van der Waals surface area contributed by atoms with E-state index in [2.05, 4.69) is 9.80 Å². The molecule has 8 rings (SSSR count). The van der Waals surface area contributed by atoms with Gasteiger partial charge in [-0.15, -0.1) is 0 Å². The summed E-state index contributed by atoms with van der Waals surface area (Å²) in [5.74, 6) is -2.22. The molecule has 0 aromatic heterocycles. The van der Waals surface area contributed by atoms with E-state index in [9.17, 15) is 59.7 Å². The van der Waals surface area contributed by atoms with Crippen molar-refractivity contribution in [2.75, 3.05) is 52.4 Å². The van der Waals surface area contributed by atoms with Crippen LogP contribution in [0.2, 0.25) is 0 Å². The van der Waals surface area contributed by atoms with Gasteiger partial charge in [-0.05, 0) is 129 Å². The summed E-state index contributed by atoms with van der Waals surface area (Å²) in [6.07, 6.45) is 26.8. The maximum Gasteiger partial charge on any atom is 0.410 e. The standard InChI is InChI=1S/C42H68N2O10.C40H66N2O9/c1-8-34(51-31(5)45)30(4)39-35(52-39)27-41(6,49)20-13-14-28(2)38-29(3)17-18-36(42(7,50)21-19-33(46)26-37(47)54-38)53-40(48)44-24-22-43(23-25-44)32-15-11-9-10-12-16-32;1-7-32(44)29(4)37-33(49-37)26-39(5,47)19-12-13-27(2)36-28(3)16-17-34(40(6,48)20-18-31(43)25-35(45)51-36)50-38(46)42-23-21-41(22-24-42)30-14-10-8-9-11-15-30/h13-14,17-18,20,29-30,32-36,38-39,46,49-50H,8-12,15-16,19,21-27H2,1-7H3;12-13,16-17,19,28-34,36-37,43-44,47-48H,7-11,14-15,18,20-26H2,1-6H3/b18-17+,20-13+,28-14+;17-16+,19-12+,27-13+/t29-,30+,33+,34-,35+,36-,38+,39+,41-,42+;28-,29+,31+,32-,33+,34-,36+,37+,39-,40+/m00/s1. The SMILES string of the molecule is CC[C@H](O)[C@@H](C)[C@H]1O[C@@H]1C[C@@](C)(O)/C=C/C=C(\C)[C@H]1OC(=O)C[C@H](O)CC[C@@](C)(O)[C@@H](OC(=O)N2CCN(C3CCCCCC3)CC2)/C=C/[C@@H]1C.CC[C@H](OC(C)=O)[C@@H](C)[C@H]1O[C@@H]1C[C@@](C)(O)/C=C/C=C(\C)[C@H]1OC(=O)C[C@H](O)CC[C@@](C)(O)[C@@H](OC(=O)N2CCN(C3CCCCCC3)CC2)/C=C/[C@@H]1C. The predicted octanol–water partition coefficient (Wildman–Crippen LogP) is 10.7. The third kappa shape index (κ3) is 27.8. The number of allylic oxidation sites excluding steroid dienone is 4. The molecule has 8 aliphatic rings. The van der Waals surface area contributed by atoms with Crippen LogP contribution in [-0.2, 0) is 47.5 Å². The van der Waals surface area contributed by atoms with Gasteiger partial charge in [0.1, 0.15) is 29.5 Å². The maximum absolute atomic E-state index is 13.5. The van der Waals surface area contributed by atoms with Crippen molar-refractivity contribution >= 4 is 30.1 Å². The van der Waals surface area contributed by atoms with Crippen molar-refractivity contribution in [3.63, 3.8) is 0 Å². The number of cyclic esters (lactones) is 2. The van der Waals surface area contributed by atoms with Gasteiger partial charge in [0.05, 0.1) is 66.8 Å². The number of amides is 2. The second kappa shape index (κ2) is 40.6. The number of aliphatic hydroxyl groups excluding tert-OH is 3. The molecule has 0 unspecified atom stereocenters. The van der Waals surface area contributed by atoms with Gasteiger partial charge in [-0.3, -0.25) is 24.2 Å². The fourth-order valence-electron chi connectivity index (χ4n) is 16.2. The number of hydrogen-bond acceptors (Lipinski definition) is 21. The summed E-state index contributed by atoms with van der Waals surface area (Å²) >= 11 is 0. The summed E-state index contributed by atoms with van der Waals surface area (Å²) in [7, 11) is 0. The van der Waals surface area contributed by atoms with Crippen molar-refractivity contribution in [2.24, 2.45) is 23.7 Å². The molecule has 20 atom stereocenters. The van der Waals surface area contributed by atoms with E-state index in [4.69, 9.17) is 33.2 Å². The molecule has 23 nitrogen and oxygen atoms in total. The van der Waals surface area contributed by atoms with Crippen molar-refractivity contribution in [1.29, 1.82) is 0 Å². The second-order valence-electron chi connectivity index (χ2n) is 33.0. The van der Waals surface area contributed by atoms with Crippen LogP contribution in [-0.4, -0.2) is 246 Å². The Morgan fingerprint density at radius 2 is 0.952 bits per heavy atom. The Morgan fingerprint density at radius 1 is 0.581 bits per heavy atom. The van der Waals surface area contributed by atoms with Crippen LogP contribution in [0.3, 0.4) is 0 Å². The zero-order valence-electron chi connectivity index (χ0n) is 65.7. The first-order valence-corrected chi connectivity index (χ1v) is 39.9. The number of carbonyl (C=O) groups excluding carboxylic acids is 5. The normalized spacial score (nSPS) is 34.7. The lowest BCUT2D eigenvalue weighted by Crippen LogP contribution is -2.53. The first-order chi connectivity index (χ1) is 49.6. The van der Waals surface area contributed by atoms with E-state index in [-0.39, 0.29) is 98.7 Å². The minimum Gasteiger partial charge on any atom is -0.462 e. The summed E-state index contributed by atoms with van der Waals surface area (Å²) in [4.78, 5) is 72.8. The smallest absolute Gasteiger partial charge is 0.410 e. The monoisotopic (exact) mass is 1480 g/mol. The molecule has 23 heteroatoms. The Labute approximate surface area is 626 Å². The number of piperazine rings is 2. The van der Waals surface area contributed by atoms with Gasteiger partial charge in [0.25, 0.3) is 0 Å². The number of carbonyl (C=O) groups is 5. The van der Waals surface area contributed by atoms with Crippen LogP contribution in [0.1, 0.15) is 231 Å². The molecule has 6 fully saturated rings. The molecule has 7 N–H and O–H groups in total. The molecule has 2 amide bonds. The quantitative estimate of drug-likeness (QED) is 0.0140. The largest absolute Gasteiger partial charge is 0.462 e. The summed E-state index contributed by atoms with van der Waals surface area (Å²) in [6, 6.07) is 1.16. The Morgan fingerprint density at radius 3 is 1.30 bits per heavy atom. The van der Waals surface area contributed by atoms with E-state index in [0.717, 1.165) is 26.2 Å². The highest BCUT2D eigenvalue weighted by atomic mass is 16.6. The molecular formula is C82H134N4O19. The minimum atomic E-state index is -1.49. The molecule has 0 spiro atoms. The number of aliphatic hydroxyl groups is 7. The van der Waals surface area contributed by atoms with E-state index in [1.54, 1.807) is 98.3 Å². The van der Waals surface area contributed by atoms with E-state index < -0.39 is 89.3 Å². The Bertz CT molecular complexity index is 2930. The van der Waals surface area contributed by atoms with Gasteiger partial charge in [-0.2, -0.15) is 0 Å². The van der Waals surface area contributed by atoms with Crippen LogP contribution in [0.5, 0.6) is 0 Å². The molecule has 0 aromatic rings. The Kier molecular flexibility index (Phi) is 33.7. The highest BCUT2D eigenvalue weighted by Crippen LogP contribution is 2.40.